The Labute approximate surface area is 155 Å². The highest BCUT2D eigenvalue weighted by Crippen LogP contribution is 2.21. The van der Waals surface area contributed by atoms with Crippen LogP contribution in [0, 0.1) is 6.92 Å². The van der Waals surface area contributed by atoms with Crippen molar-refractivity contribution in [2.45, 2.75) is 44.8 Å². The molecule has 0 bridgehead atoms. The van der Waals surface area contributed by atoms with Crippen LogP contribution in [0.15, 0.2) is 23.3 Å². The predicted molar refractivity (Wildman–Crippen MR) is 101 cm³/mol. The molecule has 0 atom stereocenters. The molecule has 1 aliphatic heterocycles. The molecule has 26 heavy (non-hydrogen) atoms. The van der Waals surface area contributed by atoms with Gasteiger partial charge in [0.2, 0.25) is 11.8 Å². The summed E-state index contributed by atoms with van der Waals surface area (Å²) in [5.41, 5.74) is 1.15. The van der Waals surface area contributed by atoms with Gasteiger partial charge in [-0.3, -0.25) is 4.79 Å². The number of aryl methyl sites for hydroxylation is 1. The highest BCUT2D eigenvalue weighted by atomic mass is 16.5. The van der Waals surface area contributed by atoms with Gasteiger partial charge in [0.1, 0.15) is 12.6 Å². The Morgan fingerprint density at radius 2 is 2.08 bits per heavy atom. The Bertz CT molecular complexity index is 649. The van der Waals surface area contributed by atoms with Crippen molar-refractivity contribution in [2.75, 3.05) is 33.7 Å². The van der Waals surface area contributed by atoms with Gasteiger partial charge in [0, 0.05) is 58.3 Å². The van der Waals surface area contributed by atoms with E-state index in [1.54, 1.807) is 25.2 Å². The Balaban J connectivity index is 1.54. The maximum Gasteiger partial charge on any atom is 0.243 e. The van der Waals surface area contributed by atoms with Crippen molar-refractivity contribution in [1.82, 2.24) is 20.1 Å². The molecule has 2 aliphatic rings. The Kier molecular flexibility index (Phi) is 5.96. The lowest BCUT2D eigenvalue weighted by Crippen LogP contribution is -2.48. The molecule has 3 rings (SSSR count). The standard InChI is InChI=1S/C19H29N5O2/c1-14-6-9-20-17(12-14)26-16-7-10-24(11-8-16)19(22-15-4-5-15)21-13-18(25)23(2)3/h6,9,12,15-16H,4-5,7-8,10-11,13H2,1-3H3,(H,21,22). The maximum absolute atomic E-state index is 11.9. The number of hydrogen-bond acceptors (Lipinski definition) is 4. The number of guanidine groups is 1. The molecule has 0 spiro atoms. The lowest BCUT2D eigenvalue weighted by Gasteiger charge is -2.34. The monoisotopic (exact) mass is 359 g/mol. The van der Waals surface area contributed by atoms with Crippen LogP contribution in [-0.4, -0.2) is 72.5 Å². The summed E-state index contributed by atoms with van der Waals surface area (Å²) in [4.78, 5) is 24.5. The first-order valence-electron chi connectivity index (χ1n) is 9.36. The summed E-state index contributed by atoms with van der Waals surface area (Å²) in [6, 6.07) is 4.45. The molecule has 1 aromatic rings. The summed E-state index contributed by atoms with van der Waals surface area (Å²) >= 11 is 0. The van der Waals surface area contributed by atoms with E-state index in [4.69, 9.17) is 4.74 Å². The van der Waals surface area contributed by atoms with Gasteiger partial charge in [0.15, 0.2) is 5.96 Å². The van der Waals surface area contributed by atoms with Crippen molar-refractivity contribution in [1.29, 1.82) is 0 Å². The van der Waals surface area contributed by atoms with E-state index in [0.717, 1.165) is 37.5 Å². The van der Waals surface area contributed by atoms with E-state index < -0.39 is 0 Å². The molecule has 0 unspecified atom stereocenters. The molecule has 142 valence electrons. The SMILES string of the molecule is Cc1ccnc(OC2CCN(C(=NCC(=O)N(C)C)NC3CC3)CC2)c1. The average molecular weight is 359 g/mol. The first kappa shape index (κ1) is 18.5. The minimum absolute atomic E-state index is 0.0174. The number of carbonyl (C=O) groups excluding carboxylic acids is 1. The molecule has 1 saturated carbocycles. The second-order valence-corrected chi connectivity index (χ2v) is 7.32. The van der Waals surface area contributed by atoms with Gasteiger partial charge in [-0.25, -0.2) is 9.98 Å². The number of aromatic nitrogens is 1. The largest absolute Gasteiger partial charge is 0.474 e. The first-order valence-corrected chi connectivity index (χ1v) is 9.36. The van der Waals surface area contributed by atoms with Crippen molar-refractivity contribution in [2.24, 2.45) is 4.99 Å². The summed E-state index contributed by atoms with van der Waals surface area (Å²) < 4.78 is 6.03. The topological polar surface area (TPSA) is 70.1 Å². The lowest BCUT2D eigenvalue weighted by molar-refractivity contribution is -0.127. The minimum atomic E-state index is 0.0174. The molecule has 1 amide bonds. The Hall–Kier alpha value is -2.31. The van der Waals surface area contributed by atoms with Crippen LogP contribution in [0.3, 0.4) is 0 Å². The third kappa shape index (κ3) is 5.34. The van der Waals surface area contributed by atoms with Gasteiger partial charge in [-0.15, -0.1) is 0 Å². The number of nitrogens with zero attached hydrogens (tertiary/aromatic N) is 4. The molecular weight excluding hydrogens is 330 g/mol. The zero-order valence-corrected chi connectivity index (χ0v) is 15.9. The number of ether oxygens (including phenoxy) is 1. The molecule has 1 aromatic heterocycles. The van der Waals surface area contributed by atoms with E-state index in [-0.39, 0.29) is 18.6 Å². The summed E-state index contributed by atoms with van der Waals surface area (Å²) in [5.74, 6) is 1.57. The van der Waals surface area contributed by atoms with Gasteiger partial charge < -0.3 is 19.9 Å². The quantitative estimate of drug-likeness (QED) is 0.636. The average Bonchev–Trinajstić information content (AvgIpc) is 3.43. The molecule has 7 heteroatoms. The fraction of sp³-hybridized carbons (Fsp3) is 0.632. The number of pyridine rings is 1. The summed E-state index contributed by atoms with van der Waals surface area (Å²) in [6.07, 6.45) is 6.15. The minimum Gasteiger partial charge on any atom is -0.474 e. The fourth-order valence-corrected chi connectivity index (χ4v) is 2.86. The van der Waals surface area contributed by atoms with E-state index in [0.29, 0.717) is 11.9 Å². The van der Waals surface area contributed by atoms with Crippen LogP contribution in [-0.2, 0) is 4.79 Å². The van der Waals surface area contributed by atoms with Crippen LogP contribution < -0.4 is 10.1 Å². The van der Waals surface area contributed by atoms with E-state index >= 15 is 0 Å². The third-order valence-electron chi connectivity index (χ3n) is 4.69. The summed E-state index contributed by atoms with van der Waals surface area (Å²) in [5, 5.41) is 3.48. The molecule has 1 saturated heterocycles. The number of nitrogens with one attached hydrogen (secondary N) is 1. The Morgan fingerprint density at radius 3 is 2.69 bits per heavy atom. The molecule has 2 heterocycles. The van der Waals surface area contributed by atoms with Gasteiger partial charge in [-0.1, -0.05) is 0 Å². The van der Waals surface area contributed by atoms with Crippen molar-refractivity contribution in [3.63, 3.8) is 0 Å². The van der Waals surface area contributed by atoms with Gasteiger partial charge in [0.25, 0.3) is 0 Å². The van der Waals surface area contributed by atoms with Crippen LogP contribution in [0.1, 0.15) is 31.2 Å². The van der Waals surface area contributed by atoms with Gasteiger partial charge in [-0.2, -0.15) is 0 Å². The van der Waals surface area contributed by atoms with Crippen LogP contribution in [0.4, 0.5) is 0 Å². The highest BCUT2D eigenvalue weighted by molar-refractivity contribution is 5.85. The number of hydrogen-bond donors (Lipinski definition) is 1. The highest BCUT2D eigenvalue weighted by Gasteiger charge is 2.28. The summed E-state index contributed by atoms with van der Waals surface area (Å²) in [7, 11) is 3.52. The molecule has 7 nitrogen and oxygen atoms in total. The van der Waals surface area contributed by atoms with E-state index in [1.807, 2.05) is 19.1 Å². The number of carbonyl (C=O) groups is 1. The molecule has 1 aliphatic carbocycles. The van der Waals surface area contributed by atoms with Crippen LogP contribution in [0.25, 0.3) is 0 Å². The van der Waals surface area contributed by atoms with E-state index in [1.165, 1.54) is 12.8 Å². The summed E-state index contributed by atoms with van der Waals surface area (Å²) in [6.45, 7) is 3.96. The van der Waals surface area contributed by atoms with Crippen molar-refractivity contribution < 1.29 is 9.53 Å². The van der Waals surface area contributed by atoms with Crippen LogP contribution in [0.2, 0.25) is 0 Å². The number of likely N-dealkylation sites (tertiary alicyclic amines) is 1. The van der Waals surface area contributed by atoms with Gasteiger partial charge in [0.05, 0.1) is 0 Å². The number of likely N-dealkylation sites (N-methyl/N-ethyl adjacent to an activating group) is 1. The number of aliphatic imine (C=N–C) groups is 1. The van der Waals surface area contributed by atoms with E-state index in [2.05, 4.69) is 20.2 Å². The molecule has 0 aromatic carbocycles. The second kappa shape index (κ2) is 8.38. The predicted octanol–water partition coefficient (Wildman–Crippen LogP) is 1.43. The van der Waals surface area contributed by atoms with Crippen LogP contribution in [0.5, 0.6) is 5.88 Å². The number of piperidine rings is 1. The van der Waals surface area contributed by atoms with Crippen LogP contribution >= 0.6 is 0 Å². The normalized spacial score (nSPS) is 18.6. The van der Waals surface area contributed by atoms with E-state index in [9.17, 15) is 4.79 Å². The van der Waals surface area contributed by atoms with Gasteiger partial charge in [-0.05, 0) is 31.4 Å². The number of amides is 1. The smallest absolute Gasteiger partial charge is 0.243 e. The zero-order chi connectivity index (χ0) is 18.5. The van der Waals surface area contributed by atoms with Gasteiger partial charge >= 0.3 is 0 Å². The molecule has 2 fully saturated rings. The van der Waals surface area contributed by atoms with Crippen molar-refractivity contribution >= 4 is 11.9 Å². The fourth-order valence-electron chi connectivity index (χ4n) is 2.86. The van der Waals surface area contributed by atoms with Crippen molar-refractivity contribution in [3.05, 3.63) is 23.9 Å². The first-order chi connectivity index (χ1) is 12.5. The zero-order valence-electron chi connectivity index (χ0n) is 15.9. The molecular formula is C19H29N5O2. The Morgan fingerprint density at radius 1 is 1.35 bits per heavy atom. The maximum atomic E-state index is 11.9. The second-order valence-electron chi connectivity index (χ2n) is 7.32. The molecule has 0 radical (unpaired) electrons. The third-order valence-corrected chi connectivity index (χ3v) is 4.69. The number of rotatable bonds is 5. The van der Waals surface area contributed by atoms with Crippen molar-refractivity contribution in [3.8, 4) is 5.88 Å². The molecule has 1 N–H and O–H groups in total. The lowest BCUT2D eigenvalue weighted by atomic mass is 10.1.